The van der Waals surface area contributed by atoms with Gasteiger partial charge in [0.25, 0.3) is 5.91 Å². The SMILES string of the molecule is CCCNC(=O)c1cccc(CN=C(NCC)NCC(c2cccs2)N2CCCC2)c1.I. The van der Waals surface area contributed by atoms with Crippen LogP contribution in [-0.2, 0) is 6.54 Å². The second-order valence-electron chi connectivity index (χ2n) is 7.81. The van der Waals surface area contributed by atoms with Crippen LogP contribution in [0.25, 0.3) is 0 Å². The molecule has 3 N–H and O–H groups in total. The third-order valence-electron chi connectivity index (χ3n) is 5.40. The molecule has 1 aromatic heterocycles. The number of halogens is 1. The number of likely N-dealkylation sites (tertiary alicyclic amines) is 1. The van der Waals surface area contributed by atoms with Crippen molar-refractivity contribution in [1.29, 1.82) is 0 Å². The standard InChI is InChI=1S/C24H35N5OS.HI/c1-3-12-26-23(30)20-10-7-9-19(16-20)17-27-24(25-4-2)28-18-21(22-11-8-15-31-22)29-13-5-6-14-29;/h7-11,15-16,21H,3-6,12-14,17-18H2,1-2H3,(H,26,30)(H2,25,27,28);1H. The van der Waals surface area contributed by atoms with Crippen LogP contribution in [0.1, 0.15) is 60.0 Å². The summed E-state index contributed by atoms with van der Waals surface area (Å²) in [7, 11) is 0. The zero-order valence-electron chi connectivity index (χ0n) is 19.1. The van der Waals surface area contributed by atoms with Gasteiger partial charge in [-0.3, -0.25) is 9.69 Å². The third-order valence-corrected chi connectivity index (χ3v) is 6.38. The van der Waals surface area contributed by atoms with Gasteiger partial charge in [-0.25, -0.2) is 4.99 Å². The van der Waals surface area contributed by atoms with Gasteiger partial charge in [-0.05, 0) is 68.4 Å². The molecule has 1 aromatic carbocycles. The van der Waals surface area contributed by atoms with Gasteiger partial charge in [-0.2, -0.15) is 0 Å². The number of nitrogens with zero attached hydrogens (tertiary/aromatic N) is 2. The summed E-state index contributed by atoms with van der Waals surface area (Å²) < 4.78 is 0. The van der Waals surface area contributed by atoms with Crippen molar-refractivity contribution in [2.24, 2.45) is 4.99 Å². The lowest BCUT2D eigenvalue weighted by Gasteiger charge is -2.27. The van der Waals surface area contributed by atoms with E-state index in [4.69, 9.17) is 4.99 Å². The second-order valence-corrected chi connectivity index (χ2v) is 8.79. The highest BCUT2D eigenvalue weighted by atomic mass is 127. The number of guanidine groups is 1. The van der Waals surface area contributed by atoms with Gasteiger partial charge >= 0.3 is 0 Å². The average Bonchev–Trinajstić information content (AvgIpc) is 3.51. The van der Waals surface area contributed by atoms with Gasteiger partial charge in [0.2, 0.25) is 0 Å². The molecule has 8 heteroatoms. The minimum absolute atomic E-state index is 0. The molecule has 1 saturated heterocycles. The molecule has 0 aliphatic carbocycles. The van der Waals surface area contributed by atoms with E-state index >= 15 is 0 Å². The minimum Gasteiger partial charge on any atom is -0.357 e. The Labute approximate surface area is 213 Å². The summed E-state index contributed by atoms with van der Waals surface area (Å²) in [5.41, 5.74) is 1.71. The summed E-state index contributed by atoms with van der Waals surface area (Å²) in [6.45, 7) is 9.29. The topological polar surface area (TPSA) is 68.8 Å². The summed E-state index contributed by atoms with van der Waals surface area (Å²) in [5, 5.41) is 12.0. The summed E-state index contributed by atoms with van der Waals surface area (Å²) in [6, 6.07) is 12.5. The third kappa shape index (κ3) is 8.04. The minimum atomic E-state index is -0.0258. The molecule has 2 aromatic rings. The molecular formula is C24H36IN5OS. The van der Waals surface area contributed by atoms with Crippen molar-refractivity contribution in [1.82, 2.24) is 20.9 Å². The number of carbonyl (C=O) groups excluding carboxylic acids is 1. The molecule has 1 aliphatic heterocycles. The predicted octanol–water partition coefficient (Wildman–Crippen LogP) is 4.40. The van der Waals surface area contributed by atoms with Crippen molar-refractivity contribution in [3.8, 4) is 0 Å². The Kier molecular flexibility index (Phi) is 12.0. The Morgan fingerprint density at radius 2 is 1.94 bits per heavy atom. The van der Waals surface area contributed by atoms with Crippen LogP contribution in [-0.4, -0.2) is 49.5 Å². The van der Waals surface area contributed by atoms with E-state index in [1.807, 2.05) is 42.5 Å². The molecule has 0 saturated carbocycles. The zero-order valence-corrected chi connectivity index (χ0v) is 22.2. The van der Waals surface area contributed by atoms with Crippen LogP contribution < -0.4 is 16.0 Å². The van der Waals surface area contributed by atoms with E-state index < -0.39 is 0 Å². The molecule has 176 valence electrons. The van der Waals surface area contributed by atoms with E-state index in [1.165, 1.54) is 17.7 Å². The first-order valence-corrected chi connectivity index (χ1v) is 12.3. The molecule has 1 aliphatic rings. The molecule has 3 rings (SSSR count). The van der Waals surface area contributed by atoms with Crippen molar-refractivity contribution in [2.75, 3.05) is 32.7 Å². The van der Waals surface area contributed by atoms with Gasteiger partial charge in [-0.15, -0.1) is 35.3 Å². The van der Waals surface area contributed by atoms with E-state index in [-0.39, 0.29) is 29.9 Å². The molecule has 1 fully saturated rings. The fourth-order valence-corrected chi connectivity index (χ4v) is 4.66. The molecule has 0 spiro atoms. The van der Waals surface area contributed by atoms with Crippen LogP contribution in [0, 0.1) is 0 Å². The largest absolute Gasteiger partial charge is 0.357 e. The van der Waals surface area contributed by atoms with Gasteiger partial charge in [0.15, 0.2) is 5.96 Å². The number of nitrogens with one attached hydrogen (secondary N) is 3. The first-order chi connectivity index (χ1) is 15.2. The van der Waals surface area contributed by atoms with Gasteiger partial charge in [-0.1, -0.05) is 25.1 Å². The number of rotatable bonds is 10. The summed E-state index contributed by atoms with van der Waals surface area (Å²) >= 11 is 1.82. The number of thiophene rings is 1. The summed E-state index contributed by atoms with van der Waals surface area (Å²) in [5.74, 6) is 0.784. The lowest BCUT2D eigenvalue weighted by atomic mass is 10.1. The fraction of sp³-hybridized carbons (Fsp3) is 0.500. The van der Waals surface area contributed by atoms with Crippen molar-refractivity contribution < 1.29 is 4.79 Å². The first kappa shape index (κ1) is 26.6. The Morgan fingerprint density at radius 3 is 2.62 bits per heavy atom. The maximum Gasteiger partial charge on any atom is 0.251 e. The van der Waals surface area contributed by atoms with E-state index in [0.717, 1.165) is 44.1 Å². The first-order valence-electron chi connectivity index (χ1n) is 11.4. The van der Waals surface area contributed by atoms with E-state index in [1.54, 1.807) is 0 Å². The van der Waals surface area contributed by atoms with Crippen LogP contribution in [0.5, 0.6) is 0 Å². The number of benzene rings is 1. The quantitative estimate of drug-likeness (QED) is 0.226. The Balaban J connectivity index is 0.00000363. The van der Waals surface area contributed by atoms with Gasteiger partial charge in [0.1, 0.15) is 0 Å². The van der Waals surface area contributed by atoms with Crippen molar-refractivity contribution in [3.05, 3.63) is 57.8 Å². The Morgan fingerprint density at radius 1 is 1.12 bits per heavy atom. The zero-order chi connectivity index (χ0) is 21.9. The molecule has 1 unspecified atom stereocenters. The smallest absolute Gasteiger partial charge is 0.251 e. The number of hydrogen-bond acceptors (Lipinski definition) is 4. The summed E-state index contributed by atoms with van der Waals surface area (Å²) in [4.78, 5) is 21.0. The molecule has 0 bridgehead atoms. The van der Waals surface area contributed by atoms with Gasteiger partial charge in [0, 0.05) is 30.1 Å². The Hall–Kier alpha value is -1.65. The molecule has 2 heterocycles. The lowest BCUT2D eigenvalue weighted by Crippen LogP contribution is -2.42. The number of carbonyl (C=O) groups is 1. The lowest BCUT2D eigenvalue weighted by molar-refractivity contribution is 0.0953. The molecular weight excluding hydrogens is 533 g/mol. The van der Waals surface area contributed by atoms with E-state index in [2.05, 4.69) is 45.3 Å². The van der Waals surface area contributed by atoms with E-state index in [9.17, 15) is 4.79 Å². The monoisotopic (exact) mass is 569 g/mol. The van der Waals surface area contributed by atoms with Crippen LogP contribution in [0.3, 0.4) is 0 Å². The maximum absolute atomic E-state index is 12.2. The van der Waals surface area contributed by atoms with Gasteiger partial charge in [0.05, 0.1) is 12.6 Å². The van der Waals surface area contributed by atoms with Crippen molar-refractivity contribution in [3.63, 3.8) is 0 Å². The predicted molar refractivity (Wildman–Crippen MR) is 145 cm³/mol. The molecule has 1 amide bonds. The molecule has 1 atom stereocenters. The van der Waals surface area contributed by atoms with Crippen LogP contribution in [0.4, 0.5) is 0 Å². The average molecular weight is 570 g/mol. The van der Waals surface area contributed by atoms with Crippen molar-refractivity contribution >= 4 is 47.2 Å². The highest BCUT2D eigenvalue weighted by Crippen LogP contribution is 2.27. The molecule has 6 nitrogen and oxygen atoms in total. The van der Waals surface area contributed by atoms with Gasteiger partial charge < -0.3 is 16.0 Å². The number of hydrogen-bond donors (Lipinski definition) is 3. The number of aliphatic imine (C=N–C) groups is 1. The van der Waals surface area contributed by atoms with Crippen LogP contribution in [0.15, 0.2) is 46.8 Å². The number of amides is 1. The van der Waals surface area contributed by atoms with E-state index in [0.29, 0.717) is 24.7 Å². The molecule has 0 radical (unpaired) electrons. The highest BCUT2D eigenvalue weighted by molar-refractivity contribution is 14.0. The molecule has 32 heavy (non-hydrogen) atoms. The van der Waals surface area contributed by atoms with Crippen LogP contribution in [0.2, 0.25) is 0 Å². The van der Waals surface area contributed by atoms with Crippen LogP contribution >= 0.6 is 35.3 Å². The second kappa shape index (κ2) is 14.5. The summed E-state index contributed by atoms with van der Waals surface area (Å²) in [6.07, 6.45) is 3.48. The van der Waals surface area contributed by atoms with Crippen molar-refractivity contribution in [2.45, 2.75) is 45.7 Å². The fourth-order valence-electron chi connectivity index (χ4n) is 3.80. The Bertz CT molecular complexity index is 837. The normalized spacial score (nSPS) is 15.1. The highest BCUT2D eigenvalue weighted by Gasteiger charge is 2.24. The maximum atomic E-state index is 12.2.